The Kier molecular flexibility index (Phi) is 3.23. The number of nitrogens with zero attached hydrogens (tertiary/aromatic N) is 1. The maximum absolute atomic E-state index is 12.2. The van der Waals surface area contributed by atoms with Gasteiger partial charge >= 0.3 is 0 Å². The summed E-state index contributed by atoms with van der Waals surface area (Å²) in [5, 5.41) is 4.00. The molecule has 2 N–H and O–H groups in total. The number of aromatic amines is 1. The first-order chi connectivity index (χ1) is 10.1. The molecule has 2 heterocycles. The number of hydrogen-bond donors (Lipinski definition) is 2. The minimum atomic E-state index is -0.373. The topological polar surface area (TPSA) is 74.8 Å². The summed E-state index contributed by atoms with van der Waals surface area (Å²) >= 11 is 0. The predicted molar refractivity (Wildman–Crippen MR) is 81.5 cm³/mol. The van der Waals surface area contributed by atoms with Crippen LogP contribution in [0.3, 0.4) is 0 Å². The van der Waals surface area contributed by atoms with Gasteiger partial charge in [0.05, 0.1) is 11.9 Å². The zero-order valence-electron chi connectivity index (χ0n) is 11.4. The minimum absolute atomic E-state index is 0.222. The molecule has 5 nitrogen and oxygen atoms in total. The van der Waals surface area contributed by atoms with Crippen molar-refractivity contribution in [3.8, 4) is 0 Å². The smallest absolute Gasteiger partial charge is 0.272 e. The molecule has 2 aromatic heterocycles. The fraction of sp³-hybridized carbons (Fsp3) is 0.0625. The normalized spacial score (nSPS) is 10.5. The molecule has 0 spiro atoms. The number of aryl methyl sites for hydroxylation is 1. The number of aromatic nitrogens is 2. The van der Waals surface area contributed by atoms with E-state index in [1.54, 1.807) is 36.7 Å². The lowest BCUT2D eigenvalue weighted by Gasteiger charge is -2.06. The molecule has 3 rings (SSSR count). The first-order valence-corrected chi connectivity index (χ1v) is 6.48. The van der Waals surface area contributed by atoms with Crippen LogP contribution < -0.4 is 10.9 Å². The monoisotopic (exact) mass is 279 g/mol. The lowest BCUT2D eigenvalue weighted by Crippen LogP contribution is -2.19. The SMILES string of the molecule is Cc1ccc2cc(C(=O)Nc3cccnc3)[nH]c(=O)c2c1. The Balaban J connectivity index is 1.99. The van der Waals surface area contributed by atoms with Crippen LogP contribution in [0, 0.1) is 6.92 Å². The number of anilines is 1. The highest BCUT2D eigenvalue weighted by Gasteiger charge is 2.10. The third-order valence-corrected chi connectivity index (χ3v) is 3.17. The average molecular weight is 279 g/mol. The standard InChI is InChI=1S/C16H13N3O2/c1-10-4-5-11-8-14(19-15(20)13(11)7-10)16(21)18-12-3-2-6-17-9-12/h2-9H,1H3,(H,18,21)(H,19,20). The Hall–Kier alpha value is -2.95. The van der Waals surface area contributed by atoms with E-state index < -0.39 is 0 Å². The van der Waals surface area contributed by atoms with E-state index in [0.29, 0.717) is 11.1 Å². The Morgan fingerprint density at radius 3 is 2.86 bits per heavy atom. The van der Waals surface area contributed by atoms with Crippen LogP contribution >= 0.6 is 0 Å². The molecular formula is C16H13N3O2. The molecule has 3 aromatic rings. The second kappa shape index (κ2) is 5.20. The van der Waals surface area contributed by atoms with E-state index in [4.69, 9.17) is 0 Å². The largest absolute Gasteiger partial charge is 0.319 e. The highest BCUT2D eigenvalue weighted by molar-refractivity contribution is 6.04. The van der Waals surface area contributed by atoms with E-state index in [9.17, 15) is 9.59 Å². The van der Waals surface area contributed by atoms with Crippen LogP contribution in [-0.4, -0.2) is 15.9 Å². The van der Waals surface area contributed by atoms with E-state index in [1.165, 1.54) is 0 Å². The molecule has 104 valence electrons. The number of carbonyl (C=O) groups excluding carboxylic acids is 1. The third kappa shape index (κ3) is 2.67. The van der Waals surface area contributed by atoms with Gasteiger partial charge < -0.3 is 10.3 Å². The Labute approximate surface area is 120 Å². The molecule has 5 heteroatoms. The summed E-state index contributed by atoms with van der Waals surface area (Å²) in [6.07, 6.45) is 3.16. The molecule has 0 radical (unpaired) electrons. The molecule has 1 amide bonds. The molecule has 0 bridgehead atoms. The van der Waals surface area contributed by atoms with Crippen molar-refractivity contribution in [3.63, 3.8) is 0 Å². The van der Waals surface area contributed by atoms with Gasteiger partial charge in [0, 0.05) is 11.6 Å². The number of amides is 1. The fourth-order valence-electron chi connectivity index (χ4n) is 2.13. The van der Waals surface area contributed by atoms with E-state index in [-0.39, 0.29) is 17.2 Å². The molecule has 0 saturated carbocycles. The van der Waals surface area contributed by atoms with Gasteiger partial charge in [-0.1, -0.05) is 17.7 Å². The number of benzene rings is 1. The highest BCUT2D eigenvalue weighted by Crippen LogP contribution is 2.13. The summed E-state index contributed by atoms with van der Waals surface area (Å²) in [6.45, 7) is 1.92. The van der Waals surface area contributed by atoms with Gasteiger partial charge in [0.2, 0.25) is 0 Å². The first-order valence-electron chi connectivity index (χ1n) is 6.48. The molecule has 0 fully saturated rings. The summed E-state index contributed by atoms with van der Waals surface area (Å²) in [7, 11) is 0. The molecule has 0 atom stereocenters. The van der Waals surface area contributed by atoms with Crippen molar-refractivity contribution in [2.24, 2.45) is 0 Å². The third-order valence-electron chi connectivity index (χ3n) is 3.17. The molecule has 0 saturated heterocycles. The predicted octanol–water partition coefficient (Wildman–Crippen LogP) is 2.48. The molecular weight excluding hydrogens is 266 g/mol. The van der Waals surface area contributed by atoms with Crippen LogP contribution in [0.1, 0.15) is 16.1 Å². The van der Waals surface area contributed by atoms with Crippen LogP contribution in [0.15, 0.2) is 53.6 Å². The number of pyridine rings is 2. The van der Waals surface area contributed by atoms with Gasteiger partial charge in [0.25, 0.3) is 11.5 Å². The van der Waals surface area contributed by atoms with Crippen molar-refractivity contribution >= 4 is 22.4 Å². The van der Waals surface area contributed by atoms with Gasteiger partial charge in [0.1, 0.15) is 5.69 Å². The van der Waals surface area contributed by atoms with E-state index in [1.807, 2.05) is 19.1 Å². The second-order valence-corrected chi connectivity index (χ2v) is 4.80. The number of rotatable bonds is 2. The van der Waals surface area contributed by atoms with Gasteiger partial charge in [-0.15, -0.1) is 0 Å². The Bertz CT molecular complexity index is 870. The summed E-state index contributed by atoms with van der Waals surface area (Å²) in [6, 6.07) is 10.7. The summed E-state index contributed by atoms with van der Waals surface area (Å²) in [5.74, 6) is -0.373. The van der Waals surface area contributed by atoms with Gasteiger partial charge in [0.15, 0.2) is 0 Å². The highest BCUT2D eigenvalue weighted by atomic mass is 16.2. The number of fused-ring (bicyclic) bond motifs is 1. The van der Waals surface area contributed by atoms with Crippen molar-refractivity contribution in [1.29, 1.82) is 0 Å². The van der Waals surface area contributed by atoms with Crippen LogP contribution in [0.5, 0.6) is 0 Å². The van der Waals surface area contributed by atoms with Crippen LogP contribution in [0.4, 0.5) is 5.69 Å². The van der Waals surface area contributed by atoms with E-state index in [2.05, 4.69) is 15.3 Å². The van der Waals surface area contributed by atoms with Crippen LogP contribution in [-0.2, 0) is 0 Å². The Morgan fingerprint density at radius 2 is 2.10 bits per heavy atom. The summed E-state index contributed by atoms with van der Waals surface area (Å²) in [4.78, 5) is 30.8. The number of nitrogens with one attached hydrogen (secondary N) is 2. The summed E-state index contributed by atoms with van der Waals surface area (Å²) < 4.78 is 0. The van der Waals surface area contributed by atoms with Gasteiger partial charge in [-0.3, -0.25) is 14.6 Å². The van der Waals surface area contributed by atoms with E-state index >= 15 is 0 Å². The lowest BCUT2D eigenvalue weighted by molar-refractivity contribution is 0.102. The minimum Gasteiger partial charge on any atom is -0.319 e. The maximum Gasteiger partial charge on any atom is 0.272 e. The average Bonchev–Trinajstić information content (AvgIpc) is 2.49. The molecule has 0 unspecified atom stereocenters. The first kappa shape index (κ1) is 13.1. The quantitative estimate of drug-likeness (QED) is 0.756. The molecule has 0 aliphatic rings. The van der Waals surface area contributed by atoms with Crippen molar-refractivity contribution in [2.45, 2.75) is 6.92 Å². The van der Waals surface area contributed by atoms with Crippen LogP contribution in [0.25, 0.3) is 10.8 Å². The molecule has 0 aliphatic heterocycles. The van der Waals surface area contributed by atoms with Crippen molar-refractivity contribution < 1.29 is 4.79 Å². The fourth-order valence-corrected chi connectivity index (χ4v) is 2.13. The number of hydrogen-bond acceptors (Lipinski definition) is 3. The molecule has 0 aliphatic carbocycles. The van der Waals surface area contributed by atoms with Crippen LogP contribution in [0.2, 0.25) is 0 Å². The zero-order valence-corrected chi connectivity index (χ0v) is 11.4. The number of H-pyrrole nitrogens is 1. The van der Waals surface area contributed by atoms with Gasteiger partial charge in [-0.25, -0.2) is 0 Å². The van der Waals surface area contributed by atoms with Gasteiger partial charge in [-0.05, 0) is 36.6 Å². The van der Waals surface area contributed by atoms with Crippen molar-refractivity contribution in [1.82, 2.24) is 9.97 Å². The van der Waals surface area contributed by atoms with E-state index in [0.717, 1.165) is 10.9 Å². The maximum atomic E-state index is 12.2. The second-order valence-electron chi connectivity index (χ2n) is 4.80. The zero-order chi connectivity index (χ0) is 14.8. The molecule has 1 aromatic carbocycles. The molecule has 21 heavy (non-hydrogen) atoms. The van der Waals surface area contributed by atoms with Crippen molar-refractivity contribution in [3.05, 3.63) is 70.4 Å². The van der Waals surface area contributed by atoms with Gasteiger partial charge in [-0.2, -0.15) is 0 Å². The number of carbonyl (C=O) groups is 1. The summed E-state index contributed by atoms with van der Waals surface area (Å²) in [5.41, 5.74) is 1.53. The Morgan fingerprint density at radius 1 is 1.24 bits per heavy atom. The lowest BCUT2D eigenvalue weighted by atomic mass is 10.1. The van der Waals surface area contributed by atoms with Crippen molar-refractivity contribution in [2.75, 3.05) is 5.32 Å².